The first-order chi connectivity index (χ1) is 9.42. The zero-order valence-electron chi connectivity index (χ0n) is 11.2. The van der Waals surface area contributed by atoms with Gasteiger partial charge in [0, 0.05) is 13.7 Å². The number of methoxy groups -OCH3 is 1. The Balaban J connectivity index is 2.80. The molecule has 0 amide bonds. The van der Waals surface area contributed by atoms with E-state index in [1.165, 1.54) is 13.2 Å². The summed E-state index contributed by atoms with van der Waals surface area (Å²) in [5.41, 5.74) is -0.428. The van der Waals surface area contributed by atoms with Gasteiger partial charge in [0.1, 0.15) is 5.69 Å². The first kappa shape index (κ1) is 16.9. The molecule has 1 heterocycles. The Morgan fingerprint density at radius 2 is 1.95 bits per heavy atom. The fourth-order valence-corrected chi connectivity index (χ4v) is 1.89. The molecule has 0 saturated heterocycles. The fourth-order valence-electron chi connectivity index (χ4n) is 1.89. The molecular weight excluding hydrogens is 275 g/mol. The molecular formula is C13H18F3NO3. The van der Waals surface area contributed by atoms with Crippen LogP contribution in [0.4, 0.5) is 13.2 Å². The van der Waals surface area contributed by atoms with Crippen LogP contribution in [0.15, 0.2) is 12.1 Å². The Morgan fingerprint density at radius 1 is 1.25 bits per heavy atom. The van der Waals surface area contributed by atoms with Gasteiger partial charge in [-0.1, -0.05) is 6.07 Å². The lowest BCUT2D eigenvalue weighted by Crippen LogP contribution is -2.15. The van der Waals surface area contributed by atoms with E-state index in [0.29, 0.717) is 24.8 Å². The monoisotopic (exact) mass is 293 g/mol. The highest BCUT2D eigenvalue weighted by Gasteiger charge is 2.32. The number of aryl methyl sites for hydroxylation is 1. The van der Waals surface area contributed by atoms with Crippen molar-refractivity contribution >= 4 is 0 Å². The SMILES string of the molecule is COC(CCO)CCc1ccc(C(F)(F)F)nc1CO. The summed E-state index contributed by atoms with van der Waals surface area (Å²) < 4.78 is 42.7. The van der Waals surface area contributed by atoms with E-state index in [2.05, 4.69) is 4.98 Å². The van der Waals surface area contributed by atoms with Crippen LogP contribution in [0.3, 0.4) is 0 Å². The molecule has 0 bridgehead atoms. The van der Waals surface area contributed by atoms with Crippen molar-refractivity contribution in [2.24, 2.45) is 0 Å². The van der Waals surface area contributed by atoms with Gasteiger partial charge in [-0.05, 0) is 30.9 Å². The van der Waals surface area contributed by atoms with Crippen LogP contribution < -0.4 is 0 Å². The van der Waals surface area contributed by atoms with E-state index in [9.17, 15) is 13.2 Å². The van der Waals surface area contributed by atoms with Gasteiger partial charge in [0.15, 0.2) is 0 Å². The first-order valence-corrected chi connectivity index (χ1v) is 6.22. The van der Waals surface area contributed by atoms with Crippen LogP contribution in [0.5, 0.6) is 0 Å². The number of aliphatic hydroxyl groups is 2. The van der Waals surface area contributed by atoms with Crippen LogP contribution in [-0.4, -0.2) is 35.0 Å². The Kier molecular flexibility index (Phi) is 6.38. The minimum atomic E-state index is -4.52. The van der Waals surface area contributed by atoms with Crippen molar-refractivity contribution in [3.63, 3.8) is 0 Å². The molecule has 7 heteroatoms. The molecule has 0 radical (unpaired) electrons. The molecule has 114 valence electrons. The topological polar surface area (TPSA) is 62.6 Å². The van der Waals surface area contributed by atoms with Gasteiger partial charge in [-0.3, -0.25) is 0 Å². The van der Waals surface area contributed by atoms with Crippen LogP contribution in [0.2, 0.25) is 0 Å². The lowest BCUT2D eigenvalue weighted by molar-refractivity contribution is -0.141. The van der Waals surface area contributed by atoms with E-state index in [4.69, 9.17) is 14.9 Å². The Bertz CT molecular complexity index is 424. The second-order valence-corrected chi connectivity index (χ2v) is 4.37. The number of hydrogen-bond donors (Lipinski definition) is 2. The van der Waals surface area contributed by atoms with Crippen LogP contribution in [0, 0.1) is 0 Å². The summed E-state index contributed by atoms with van der Waals surface area (Å²) in [4.78, 5) is 3.45. The molecule has 0 fully saturated rings. The Morgan fingerprint density at radius 3 is 2.45 bits per heavy atom. The number of halogens is 3. The zero-order chi connectivity index (χ0) is 15.2. The highest BCUT2D eigenvalue weighted by Crippen LogP contribution is 2.28. The highest BCUT2D eigenvalue weighted by molar-refractivity contribution is 5.24. The molecule has 2 N–H and O–H groups in total. The molecule has 1 aromatic rings. The third kappa shape index (κ3) is 4.73. The standard InChI is InChI=1S/C13H18F3NO3/c1-20-10(6-7-18)4-2-9-3-5-12(13(14,15)16)17-11(9)8-19/h3,5,10,18-19H,2,4,6-8H2,1H3. The van der Waals surface area contributed by atoms with Gasteiger partial charge < -0.3 is 14.9 Å². The lowest BCUT2D eigenvalue weighted by Gasteiger charge is -2.15. The molecule has 1 atom stereocenters. The van der Waals surface area contributed by atoms with Gasteiger partial charge >= 0.3 is 6.18 Å². The second kappa shape index (κ2) is 7.56. The molecule has 0 aromatic carbocycles. The van der Waals surface area contributed by atoms with Gasteiger partial charge in [-0.25, -0.2) is 4.98 Å². The molecule has 1 unspecified atom stereocenters. The molecule has 0 spiro atoms. The Labute approximate surface area is 115 Å². The van der Waals surface area contributed by atoms with Crippen molar-refractivity contribution in [1.29, 1.82) is 0 Å². The molecule has 4 nitrogen and oxygen atoms in total. The zero-order valence-corrected chi connectivity index (χ0v) is 11.2. The number of ether oxygens (including phenoxy) is 1. The average Bonchev–Trinajstić information content (AvgIpc) is 2.42. The van der Waals surface area contributed by atoms with Crippen LogP contribution in [0.1, 0.15) is 29.8 Å². The quantitative estimate of drug-likeness (QED) is 0.806. The molecule has 0 saturated carbocycles. The third-order valence-electron chi connectivity index (χ3n) is 3.03. The number of rotatable bonds is 7. The van der Waals surface area contributed by atoms with E-state index in [-0.39, 0.29) is 18.4 Å². The summed E-state index contributed by atoms with van der Waals surface area (Å²) in [5.74, 6) is 0. The predicted octanol–water partition coefficient (Wildman–Crippen LogP) is 1.92. The van der Waals surface area contributed by atoms with E-state index in [0.717, 1.165) is 6.07 Å². The van der Waals surface area contributed by atoms with Crippen molar-refractivity contribution < 1.29 is 28.1 Å². The van der Waals surface area contributed by atoms with Gasteiger partial charge in [-0.2, -0.15) is 13.2 Å². The van der Waals surface area contributed by atoms with Crippen molar-refractivity contribution in [2.75, 3.05) is 13.7 Å². The van der Waals surface area contributed by atoms with E-state index in [1.54, 1.807) is 0 Å². The highest BCUT2D eigenvalue weighted by atomic mass is 19.4. The van der Waals surface area contributed by atoms with Gasteiger partial charge in [-0.15, -0.1) is 0 Å². The summed E-state index contributed by atoms with van der Waals surface area (Å²) in [5, 5.41) is 18.0. The number of aromatic nitrogens is 1. The summed E-state index contributed by atoms with van der Waals surface area (Å²) in [7, 11) is 1.51. The lowest BCUT2D eigenvalue weighted by atomic mass is 10.0. The molecule has 0 aliphatic carbocycles. The molecule has 1 aromatic heterocycles. The summed E-state index contributed by atoms with van der Waals surface area (Å²) in [6.45, 7) is -0.562. The van der Waals surface area contributed by atoms with E-state index >= 15 is 0 Å². The van der Waals surface area contributed by atoms with Crippen LogP contribution in [0.25, 0.3) is 0 Å². The minimum Gasteiger partial charge on any atom is -0.396 e. The predicted molar refractivity (Wildman–Crippen MR) is 66.0 cm³/mol. The first-order valence-electron chi connectivity index (χ1n) is 6.22. The molecule has 0 aliphatic rings. The number of aliphatic hydroxyl groups excluding tert-OH is 2. The third-order valence-corrected chi connectivity index (χ3v) is 3.03. The molecule has 1 rings (SSSR count). The van der Waals surface area contributed by atoms with Crippen molar-refractivity contribution in [3.8, 4) is 0 Å². The normalized spacial score (nSPS) is 13.5. The summed E-state index contributed by atoms with van der Waals surface area (Å²) >= 11 is 0. The minimum absolute atomic E-state index is 0.0172. The van der Waals surface area contributed by atoms with E-state index in [1.807, 2.05) is 0 Å². The summed E-state index contributed by atoms with van der Waals surface area (Å²) in [6.07, 6.45) is -3.27. The maximum Gasteiger partial charge on any atom is 0.433 e. The maximum atomic E-state index is 12.5. The number of pyridine rings is 1. The van der Waals surface area contributed by atoms with Crippen molar-refractivity contribution in [1.82, 2.24) is 4.98 Å². The molecule has 20 heavy (non-hydrogen) atoms. The van der Waals surface area contributed by atoms with Crippen molar-refractivity contribution in [2.45, 2.75) is 38.1 Å². The van der Waals surface area contributed by atoms with E-state index < -0.39 is 18.5 Å². The van der Waals surface area contributed by atoms with Gasteiger partial charge in [0.05, 0.1) is 18.4 Å². The molecule has 0 aliphatic heterocycles. The number of nitrogens with zero attached hydrogens (tertiary/aromatic N) is 1. The fraction of sp³-hybridized carbons (Fsp3) is 0.615. The second-order valence-electron chi connectivity index (χ2n) is 4.37. The van der Waals surface area contributed by atoms with Crippen LogP contribution in [-0.2, 0) is 23.9 Å². The number of hydrogen-bond acceptors (Lipinski definition) is 4. The largest absolute Gasteiger partial charge is 0.433 e. The maximum absolute atomic E-state index is 12.5. The average molecular weight is 293 g/mol. The Hall–Kier alpha value is -1.18. The van der Waals surface area contributed by atoms with Crippen molar-refractivity contribution in [3.05, 3.63) is 29.1 Å². The smallest absolute Gasteiger partial charge is 0.396 e. The van der Waals surface area contributed by atoms with Gasteiger partial charge in [0.25, 0.3) is 0 Å². The number of alkyl halides is 3. The van der Waals surface area contributed by atoms with Gasteiger partial charge in [0.2, 0.25) is 0 Å². The summed E-state index contributed by atoms with van der Waals surface area (Å²) in [6, 6.07) is 2.23. The van der Waals surface area contributed by atoms with Crippen LogP contribution >= 0.6 is 0 Å².